The van der Waals surface area contributed by atoms with E-state index in [2.05, 4.69) is 5.10 Å². The summed E-state index contributed by atoms with van der Waals surface area (Å²) in [7, 11) is 0. The SMILES string of the molecule is O=C(Cl)Cc1cn(-c2ccc(F)cc2)nc1-c1ccc(Cl)c(Cl)c1. The summed E-state index contributed by atoms with van der Waals surface area (Å²) in [6, 6.07) is 10.9. The van der Waals surface area contributed by atoms with Crippen molar-refractivity contribution < 1.29 is 9.18 Å². The first-order valence-corrected chi connectivity index (χ1v) is 8.05. The molecule has 0 aliphatic rings. The van der Waals surface area contributed by atoms with Gasteiger partial charge in [-0.15, -0.1) is 0 Å². The molecule has 0 fully saturated rings. The maximum Gasteiger partial charge on any atom is 0.226 e. The van der Waals surface area contributed by atoms with Crippen LogP contribution < -0.4 is 0 Å². The first-order chi connectivity index (χ1) is 11.4. The second-order valence-corrected chi connectivity index (χ2v) is 6.32. The van der Waals surface area contributed by atoms with E-state index in [0.29, 0.717) is 32.6 Å². The molecule has 0 atom stereocenters. The number of aromatic nitrogens is 2. The fourth-order valence-electron chi connectivity index (χ4n) is 2.30. The number of rotatable bonds is 4. The topological polar surface area (TPSA) is 34.9 Å². The van der Waals surface area contributed by atoms with Crippen LogP contribution >= 0.6 is 34.8 Å². The highest BCUT2D eigenvalue weighted by molar-refractivity contribution is 6.63. The average Bonchev–Trinajstić information content (AvgIpc) is 2.94. The quantitative estimate of drug-likeness (QED) is 0.574. The smallest absolute Gasteiger partial charge is 0.226 e. The Morgan fingerprint density at radius 2 is 1.79 bits per heavy atom. The second kappa shape index (κ2) is 6.93. The van der Waals surface area contributed by atoms with Gasteiger partial charge in [-0.3, -0.25) is 4.79 Å². The largest absolute Gasteiger partial charge is 0.281 e. The second-order valence-electron chi connectivity index (χ2n) is 5.08. The van der Waals surface area contributed by atoms with Crippen molar-refractivity contribution in [2.75, 3.05) is 0 Å². The molecule has 0 N–H and O–H groups in total. The van der Waals surface area contributed by atoms with Crippen LogP contribution in [0.4, 0.5) is 4.39 Å². The molecule has 1 aromatic heterocycles. The average molecular weight is 384 g/mol. The fraction of sp³-hybridized carbons (Fsp3) is 0.0588. The van der Waals surface area contributed by atoms with E-state index >= 15 is 0 Å². The summed E-state index contributed by atoms with van der Waals surface area (Å²) in [5.74, 6) is -0.341. The summed E-state index contributed by atoms with van der Waals surface area (Å²) < 4.78 is 14.6. The van der Waals surface area contributed by atoms with Gasteiger partial charge in [-0.25, -0.2) is 9.07 Å². The Bertz CT molecular complexity index is 907. The maximum absolute atomic E-state index is 13.1. The molecule has 0 amide bonds. The third-order valence-electron chi connectivity index (χ3n) is 3.40. The molecule has 0 spiro atoms. The number of hydrogen-bond acceptors (Lipinski definition) is 2. The van der Waals surface area contributed by atoms with Gasteiger partial charge in [0.05, 0.1) is 27.8 Å². The third kappa shape index (κ3) is 3.61. The summed E-state index contributed by atoms with van der Waals surface area (Å²) in [6.45, 7) is 0. The minimum absolute atomic E-state index is 0.0122. The summed E-state index contributed by atoms with van der Waals surface area (Å²) in [5.41, 5.74) is 2.56. The molecule has 3 rings (SSSR count). The maximum atomic E-state index is 13.1. The van der Waals surface area contributed by atoms with Gasteiger partial charge in [0, 0.05) is 17.3 Å². The van der Waals surface area contributed by atoms with Crippen molar-refractivity contribution in [3.8, 4) is 16.9 Å². The number of carbonyl (C=O) groups excluding carboxylic acids is 1. The molecule has 3 nitrogen and oxygen atoms in total. The molecule has 0 saturated heterocycles. The highest BCUT2D eigenvalue weighted by Gasteiger charge is 2.15. The standard InChI is InChI=1S/C17H10Cl3FN2O/c18-14-6-1-10(7-15(14)19)17-11(8-16(20)24)9-23(22-17)13-4-2-12(21)3-5-13/h1-7,9H,8H2. The monoisotopic (exact) mass is 382 g/mol. The van der Waals surface area contributed by atoms with Crippen LogP contribution in [-0.4, -0.2) is 15.0 Å². The number of benzene rings is 2. The summed E-state index contributed by atoms with van der Waals surface area (Å²) in [6.07, 6.45) is 1.70. The van der Waals surface area contributed by atoms with Crippen molar-refractivity contribution in [3.05, 3.63) is 70.1 Å². The Labute approximate surface area is 152 Å². The van der Waals surface area contributed by atoms with Crippen molar-refractivity contribution in [2.45, 2.75) is 6.42 Å². The predicted molar refractivity (Wildman–Crippen MR) is 93.5 cm³/mol. The van der Waals surface area contributed by atoms with Gasteiger partial charge in [-0.1, -0.05) is 29.3 Å². The first kappa shape index (κ1) is 17.0. The predicted octanol–water partition coefficient (Wildman–Crippen LogP) is 5.29. The van der Waals surface area contributed by atoms with E-state index < -0.39 is 5.24 Å². The number of hydrogen-bond donors (Lipinski definition) is 0. The van der Waals surface area contributed by atoms with Crippen molar-refractivity contribution in [3.63, 3.8) is 0 Å². The van der Waals surface area contributed by atoms with Gasteiger partial charge in [-0.2, -0.15) is 5.10 Å². The van der Waals surface area contributed by atoms with E-state index in [4.69, 9.17) is 34.8 Å². The van der Waals surface area contributed by atoms with Crippen LogP contribution in [0.1, 0.15) is 5.56 Å². The summed E-state index contributed by atoms with van der Waals surface area (Å²) in [4.78, 5) is 11.3. The Balaban J connectivity index is 2.11. The molecule has 0 radical (unpaired) electrons. The van der Waals surface area contributed by atoms with E-state index in [9.17, 15) is 9.18 Å². The molecule has 24 heavy (non-hydrogen) atoms. The Kier molecular flexibility index (Phi) is 4.90. The number of carbonyl (C=O) groups is 1. The number of halogens is 4. The van der Waals surface area contributed by atoms with Crippen molar-refractivity contribution in [1.82, 2.24) is 9.78 Å². The van der Waals surface area contributed by atoms with E-state index in [1.54, 1.807) is 41.2 Å². The zero-order valence-electron chi connectivity index (χ0n) is 12.1. The van der Waals surface area contributed by atoms with Crippen LogP contribution in [0.2, 0.25) is 10.0 Å². The minimum atomic E-state index is -0.505. The van der Waals surface area contributed by atoms with Crippen molar-refractivity contribution in [2.24, 2.45) is 0 Å². The van der Waals surface area contributed by atoms with E-state index in [-0.39, 0.29) is 12.2 Å². The normalized spacial score (nSPS) is 10.8. The molecule has 1 heterocycles. The van der Waals surface area contributed by atoms with Crippen LogP contribution in [0, 0.1) is 5.82 Å². The van der Waals surface area contributed by atoms with Crippen molar-refractivity contribution >= 4 is 40.0 Å². The lowest BCUT2D eigenvalue weighted by Crippen LogP contribution is -1.94. The van der Waals surface area contributed by atoms with Crippen molar-refractivity contribution in [1.29, 1.82) is 0 Å². The zero-order chi connectivity index (χ0) is 17.3. The van der Waals surface area contributed by atoms with E-state index in [1.165, 1.54) is 12.1 Å². The molecule has 0 aliphatic heterocycles. The Morgan fingerprint density at radius 1 is 1.08 bits per heavy atom. The number of nitrogens with zero attached hydrogens (tertiary/aromatic N) is 2. The van der Waals surface area contributed by atoms with Gasteiger partial charge in [0.2, 0.25) is 5.24 Å². The van der Waals surface area contributed by atoms with Crippen LogP contribution in [0.5, 0.6) is 0 Å². The lowest BCUT2D eigenvalue weighted by Gasteiger charge is -2.03. The van der Waals surface area contributed by atoms with Crippen LogP contribution in [0.15, 0.2) is 48.7 Å². The van der Waals surface area contributed by atoms with Gasteiger partial charge in [0.15, 0.2) is 0 Å². The molecule has 2 aromatic carbocycles. The highest BCUT2D eigenvalue weighted by Crippen LogP contribution is 2.30. The fourth-order valence-corrected chi connectivity index (χ4v) is 2.74. The third-order valence-corrected chi connectivity index (χ3v) is 4.28. The van der Waals surface area contributed by atoms with E-state index in [0.717, 1.165) is 0 Å². The van der Waals surface area contributed by atoms with E-state index in [1.807, 2.05) is 0 Å². The minimum Gasteiger partial charge on any atom is -0.281 e. The molecular weight excluding hydrogens is 374 g/mol. The van der Waals surface area contributed by atoms with Crippen LogP contribution in [-0.2, 0) is 11.2 Å². The molecule has 0 unspecified atom stereocenters. The van der Waals surface area contributed by atoms with Gasteiger partial charge >= 0.3 is 0 Å². The molecule has 7 heteroatoms. The lowest BCUT2D eigenvalue weighted by atomic mass is 10.1. The highest BCUT2D eigenvalue weighted by atomic mass is 35.5. The molecule has 0 aliphatic carbocycles. The summed E-state index contributed by atoms with van der Waals surface area (Å²) >= 11 is 17.5. The van der Waals surface area contributed by atoms with Gasteiger partial charge in [-0.05, 0) is 48.0 Å². The Morgan fingerprint density at radius 3 is 2.42 bits per heavy atom. The first-order valence-electron chi connectivity index (χ1n) is 6.92. The van der Waals surface area contributed by atoms with Gasteiger partial charge in [0.25, 0.3) is 0 Å². The molecular formula is C17H10Cl3FN2O. The van der Waals surface area contributed by atoms with Crippen LogP contribution in [0.3, 0.4) is 0 Å². The lowest BCUT2D eigenvalue weighted by molar-refractivity contribution is -0.111. The Hall–Kier alpha value is -1.88. The summed E-state index contributed by atoms with van der Waals surface area (Å²) in [5, 5.41) is 4.79. The van der Waals surface area contributed by atoms with Gasteiger partial charge < -0.3 is 0 Å². The molecule has 122 valence electrons. The molecule has 0 saturated carbocycles. The van der Waals surface area contributed by atoms with Gasteiger partial charge in [0.1, 0.15) is 5.82 Å². The molecule has 3 aromatic rings. The molecule has 0 bridgehead atoms. The zero-order valence-corrected chi connectivity index (χ0v) is 14.4. The van der Waals surface area contributed by atoms with Crippen LogP contribution in [0.25, 0.3) is 16.9 Å².